The minimum Gasteiger partial charge on any atom is -0.456 e. The van der Waals surface area contributed by atoms with Crippen LogP contribution in [0.1, 0.15) is 31.1 Å². The van der Waals surface area contributed by atoms with Gasteiger partial charge in [-0.25, -0.2) is 4.79 Å². The zero-order chi connectivity index (χ0) is 14.6. The summed E-state index contributed by atoms with van der Waals surface area (Å²) in [4.78, 5) is 16.2. The van der Waals surface area contributed by atoms with Crippen LogP contribution in [0, 0.1) is 0 Å². The average molecular weight is 270 g/mol. The Labute approximate surface area is 118 Å². The monoisotopic (exact) mass is 270 g/mol. The Balaban J connectivity index is 2.25. The second-order valence-electron chi connectivity index (χ2n) is 5.41. The summed E-state index contributed by atoms with van der Waals surface area (Å²) < 4.78 is 5.38. The minimum absolute atomic E-state index is 0.385. The van der Waals surface area contributed by atoms with Crippen LogP contribution in [0.2, 0.25) is 0 Å². The first kappa shape index (κ1) is 14.1. The third-order valence-corrected chi connectivity index (χ3v) is 2.49. The summed E-state index contributed by atoms with van der Waals surface area (Å²) in [6, 6.07) is 11.4. The van der Waals surface area contributed by atoms with Crippen LogP contribution in [0.25, 0.3) is 0 Å². The molecule has 0 fully saturated rings. The van der Waals surface area contributed by atoms with Gasteiger partial charge in [0.2, 0.25) is 0 Å². The van der Waals surface area contributed by atoms with Gasteiger partial charge in [0.15, 0.2) is 0 Å². The van der Waals surface area contributed by atoms with Crippen molar-refractivity contribution in [1.82, 2.24) is 4.98 Å². The van der Waals surface area contributed by atoms with Crippen molar-refractivity contribution in [3.8, 4) is 0 Å². The highest BCUT2D eigenvalue weighted by atomic mass is 16.6. The van der Waals surface area contributed by atoms with Gasteiger partial charge in [-0.15, -0.1) is 0 Å². The molecule has 20 heavy (non-hydrogen) atoms. The van der Waals surface area contributed by atoms with Gasteiger partial charge in [-0.05, 0) is 39.0 Å². The second-order valence-corrected chi connectivity index (χ2v) is 5.41. The number of carbonyl (C=O) groups is 1. The molecule has 4 heteroatoms. The van der Waals surface area contributed by atoms with Crippen LogP contribution in [0.4, 0.5) is 11.4 Å². The van der Waals surface area contributed by atoms with E-state index in [1.807, 2.05) is 51.1 Å². The van der Waals surface area contributed by atoms with Crippen molar-refractivity contribution in [2.24, 2.45) is 0 Å². The summed E-state index contributed by atoms with van der Waals surface area (Å²) in [7, 11) is 0. The number of carbonyl (C=O) groups excluding carboxylic acids is 1. The molecule has 1 aromatic heterocycles. The highest BCUT2D eigenvalue weighted by molar-refractivity contribution is 5.96. The molecule has 0 saturated heterocycles. The molecule has 0 bridgehead atoms. The summed E-state index contributed by atoms with van der Waals surface area (Å²) in [6.07, 6.45) is 3.15. The lowest BCUT2D eigenvalue weighted by atomic mass is 10.1. The molecule has 1 heterocycles. The van der Waals surface area contributed by atoms with Gasteiger partial charge in [-0.2, -0.15) is 0 Å². The molecule has 0 spiro atoms. The van der Waals surface area contributed by atoms with Gasteiger partial charge < -0.3 is 10.1 Å². The normalized spacial score (nSPS) is 10.9. The van der Waals surface area contributed by atoms with Crippen molar-refractivity contribution < 1.29 is 9.53 Å². The standard InChI is InChI=1S/C16H18N2O2/c1-16(2,3)20-15(19)13-11-17-10-9-14(13)18-12-7-5-4-6-8-12/h4-11H,1-3H3,(H,17,18). The fourth-order valence-corrected chi connectivity index (χ4v) is 1.68. The number of anilines is 2. The quantitative estimate of drug-likeness (QED) is 0.862. The first-order valence-corrected chi connectivity index (χ1v) is 6.45. The number of nitrogens with zero attached hydrogens (tertiary/aromatic N) is 1. The molecule has 0 aliphatic rings. The zero-order valence-electron chi connectivity index (χ0n) is 11.9. The number of aromatic nitrogens is 1. The van der Waals surface area contributed by atoms with Gasteiger partial charge in [-0.1, -0.05) is 18.2 Å². The molecule has 0 amide bonds. The van der Waals surface area contributed by atoms with E-state index in [4.69, 9.17) is 4.74 Å². The molecule has 2 rings (SSSR count). The third-order valence-electron chi connectivity index (χ3n) is 2.49. The largest absolute Gasteiger partial charge is 0.456 e. The molecule has 4 nitrogen and oxygen atoms in total. The Morgan fingerprint density at radius 3 is 2.50 bits per heavy atom. The molecule has 0 atom stereocenters. The predicted octanol–water partition coefficient (Wildman–Crippen LogP) is 3.78. The third kappa shape index (κ3) is 3.82. The van der Waals surface area contributed by atoms with E-state index in [0.717, 1.165) is 5.69 Å². The van der Waals surface area contributed by atoms with E-state index in [1.54, 1.807) is 12.3 Å². The summed E-state index contributed by atoms with van der Waals surface area (Å²) in [5.41, 5.74) is 1.48. The number of nitrogens with one attached hydrogen (secondary N) is 1. The fourth-order valence-electron chi connectivity index (χ4n) is 1.68. The van der Waals surface area contributed by atoms with E-state index in [2.05, 4.69) is 10.3 Å². The first-order chi connectivity index (χ1) is 9.46. The van der Waals surface area contributed by atoms with Crippen molar-refractivity contribution in [2.75, 3.05) is 5.32 Å². The lowest BCUT2D eigenvalue weighted by Gasteiger charge is -2.20. The Hall–Kier alpha value is -2.36. The number of hydrogen-bond acceptors (Lipinski definition) is 4. The summed E-state index contributed by atoms with van der Waals surface area (Å²) >= 11 is 0. The van der Waals surface area contributed by atoms with Crippen LogP contribution in [-0.2, 0) is 4.74 Å². The number of hydrogen-bond donors (Lipinski definition) is 1. The summed E-state index contributed by atoms with van der Waals surface area (Å²) in [5, 5.41) is 3.20. The smallest absolute Gasteiger partial charge is 0.342 e. The summed E-state index contributed by atoms with van der Waals surface area (Å²) in [6.45, 7) is 5.52. The molecular weight excluding hydrogens is 252 g/mol. The van der Waals surface area contributed by atoms with Crippen molar-refractivity contribution in [3.05, 3.63) is 54.4 Å². The number of benzene rings is 1. The number of para-hydroxylation sites is 1. The maximum Gasteiger partial charge on any atom is 0.342 e. The van der Waals surface area contributed by atoms with Gasteiger partial charge in [0, 0.05) is 18.1 Å². The van der Waals surface area contributed by atoms with Gasteiger partial charge in [-0.3, -0.25) is 4.98 Å². The molecule has 1 aromatic carbocycles. The molecule has 0 radical (unpaired) electrons. The van der Waals surface area contributed by atoms with Crippen LogP contribution in [0.5, 0.6) is 0 Å². The van der Waals surface area contributed by atoms with Gasteiger partial charge in [0.1, 0.15) is 11.2 Å². The molecular formula is C16H18N2O2. The van der Waals surface area contributed by atoms with Crippen molar-refractivity contribution in [1.29, 1.82) is 0 Å². The summed E-state index contributed by atoms with van der Waals surface area (Å²) in [5.74, 6) is -0.385. The molecule has 0 aliphatic heterocycles. The molecule has 1 N–H and O–H groups in total. The Kier molecular flexibility index (Phi) is 4.03. The van der Waals surface area contributed by atoms with Crippen LogP contribution >= 0.6 is 0 Å². The van der Waals surface area contributed by atoms with Crippen LogP contribution in [0.3, 0.4) is 0 Å². The number of pyridine rings is 1. The van der Waals surface area contributed by atoms with E-state index < -0.39 is 5.60 Å². The molecule has 0 aliphatic carbocycles. The Morgan fingerprint density at radius 1 is 1.15 bits per heavy atom. The molecule has 0 saturated carbocycles. The van der Waals surface area contributed by atoms with Crippen LogP contribution < -0.4 is 5.32 Å². The van der Waals surface area contributed by atoms with Crippen molar-refractivity contribution >= 4 is 17.3 Å². The van der Waals surface area contributed by atoms with E-state index in [-0.39, 0.29) is 5.97 Å². The lowest BCUT2D eigenvalue weighted by Crippen LogP contribution is -2.24. The van der Waals surface area contributed by atoms with E-state index in [9.17, 15) is 4.79 Å². The Bertz CT molecular complexity index is 589. The molecule has 0 unspecified atom stereocenters. The van der Waals surface area contributed by atoms with Gasteiger partial charge in [0.25, 0.3) is 0 Å². The van der Waals surface area contributed by atoms with E-state index in [0.29, 0.717) is 11.3 Å². The number of esters is 1. The van der Waals surface area contributed by atoms with Gasteiger partial charge in [0.05, 0.1) is 5.69 Å². The highest BCUT2D eigenvalue weighted by Gasteiger charge is 2.20. The zero-order valence-corrected chi connectivity index (χ0v) is 11.9. The SMILES string of the molecule is CC(C)(C)OC(=O)c1cnccc1Nc1ccccc1. The molecule has 104 valence electrons. The predicted molar refractivity (Wildman–Crippen MR) is 79.1 cm³/mol. The topological polar surface area (TPSA) is 51.2 Å². The average Bonchev–Trinajstić information content (AvgIpc) is 2.38. The fraction of sp³-hybridized carbons (Fsp3) is 0.250. The van der Waals surface area contributed by atoms with Crippen LogP contribution in [0.15, 0.2) is 48.8 Å². The van der Waals surface area contributed by atoms with Crippen molar-refractivity contribution in [3.63, 3.8) is 0 Å². The number of ether oxygens (including phenoxy) is 1. The maximum absolute atomic E-state index is 12.2. The van der Waals surface area contributed by atoms with Gasteiger partial charge >= 0.3 is 5.97 Å². The number of rotatable bonds is 3. The minimum atomic E-state index is -0.531. The lowest BCUT2D eigenvalue weighted by molar-refractivity contribution is 0.00703. The van der Waals surface area contributed by atoms with E-state index in [1.165, 1.54) is 6.20 Å². The second kappa shape index (κ2) is 5.74. The first-order valence-electron chi connectivity index (χ1n) is 6.45. The van der Waals surface area contributed by atoms with Crippen molar-refractivity contribution in [2.45, 2.75) is 26.4 Å². The highest BCUT2D eigenvalue weighted by Crippen LogP contribution is 2.22. The Morgan fingerprint density at radius 2 is 1.85 bits per heavy atom. The maximum atomic E-state index is 12.2. The molecule has 2 aromatic rings. The van der Waals surface area contributed by atoms with Crippen LogP contribution in [-0.4, -0.2) is 16.6 Å². The van der Waals surface area contributed by atoms with E-state index >= 15 is 0 Å².